The van der Waals surface area contributed by atoms with E-state index in [0.29, 0.717) is 31.0 Å². The number of hydrogen-bond acceptors (Lipinski definition) is 3. The van der Waals surface area contributed by atoms with Crippen molar-refractivity contribution in [3.8, 4) is 0 Å². The molecule has 4 rings (SSSR count). The molecule has 0 aliphatic carbocycles. The van der Waals surface area contributed by atoms with E-state index in [2.05, 4.69) is 4.72 Å². The van der Waals surface area contributed by atoms with E-state index in [1.54, 1.807) is 64.4 Å². The molecular formula is C23H23N3O3S. The van der Waals surface area contributed by atoms with Gasteiger partial charge < -0.3 is 4.90 Å². The van der Waals surface area contributed by atoms with Gasteiger partial charge in [-0.2, -0.15) is 0 Å². The summed E-state index contributed by atoms with van der Waals surface area (Å²) in [5.74, 6) is 0. The molecule has 1 heterocycles. The molecule has 0 radical (unpaired) electrons. The monoisotopic (exact) mass is 421 g/mol. The third-order valence-corrected chi connectivity index (χ3v) is 6.40. The van der Waals surface area contributed by atoms with E-state index >= 15 is 0 Å². The maximum Gasteiger partial charge on any atom is 0.324 e. The Kier molecular flexibility index (Phi) is 5.72. The number of rotatable bonds is 6. The molecule has 0 saturated carbocycles. The molecule has 0 aromatic heterocycles. The Hall–Kier alpha value is -3.32. The number of carbonyl (C=O) groups is 1. The van der Waals surface area contributed by atoms with E-state index in [-0.39, 0.29) is 10.9 Å². The van der Waals surface area contributed by atoms with E-state index in [1.807, 2.05) is 30.3 Å². The second-order valence-corrected chi connectivity index (χ2v) is 8.81. The van der Waals surface area contributed by atoms with Crippen LogP contribution in [0.3, 0.4) is 0 Å². The summed E-state index contributed by atoms with van der Waals surface area (Å²) in [5, 5.41) is 0. The molecule has 0 spiro atoms. The van der Waals surface area contributed by atoms with E-state index in [9.17, 15) is 13.2 Å². The standard InChI is InChI=1S/C23H23N3O3S/c27-23-25(18-19-10-3-1-4-11-19)16-9-17-26(23)22-15-8-7-14-21(22)24-30(28,29)20-12-5-2-6-13-20/h1-8,10-15,24H,9,16-18H2. The second-order valence-electron chi connectivity index (χ2n) is 7.13. The molecule has 2 amide bonds. The molecule has 1 aliphatic rings. The molecule has 6 nitrogen and oxygen atoms in total. The van der Waals surface area contributed by atoms with Crippen LogP contribution in [0.5, 0.6) is 0 Å². The van der Waals surface area contributed by atoms with Gasteiger partial charge in [0.1, 0.15) is 0 Å². The number of anilines is 2. The van der Waals surface area contributed by atoms with Gasteiger partial charge in [-0.1, -0.05) is 60.7 Å². The number of carbonyl (C=O) groups excluding carboxylic acids is 1. The van der Waals surface area contributed by atoms with Crippen molar-refractivity contribution in [2.45, 2.75) is 17.9 Å². The van der Waals surface area contributed by atoms with Crippen molar-refractivity contribution < 1.29 is 13.2 Å². The molecule has 0 atom stereocenters. The summed E-state index contributed by atoms with van der Waals surface area (Å²) in [5.41, 5.74) is 2.00. The number of nitrogens with zero attached hydrogens (tertiary/aromatic N) is 2. The molecule has 0 unspecified atom stereocenters. The van der Waals surface area contributed by atoms with Gasteiger partial charge in [0.15, 0.2) is 0 Å². The minimum absolute atomic E-state index is 0.128. The summed E-state index contributed by atoms with van der Waals surface area (Å²) >= 11 is 0. The first-order chi connectivity index (χ1) is 14.5. The third kappa shape index (κ3) is 4.31. The zero-order valence-corrected chi connectivity index (χ0v) is 17.3. The van der Waals surface area contributed by atoms with Gasteiger partial charge in [0.2, 0.25) is 0 Å². The fourth-order valence-corrected chi connectivity index (χ4v) is 4.65. The molecule has 1 aliphatic heterocycles. The Morgan fingerprint density at radius 3 is 2.17 bits per heavy atom. The summed E-state index contributed by atoms with van der Waals surface area (Å²) in [7, 11) is -3.76. The largest absolute Gasteiger partial charge is 0.324 e. The van der Waals surface area contributed by atoms with Gasteiger partial charge in [0, 0.05) is 19.6 Å². The first-order valence-corrected chi connectivity index (χ1v) is 11.3. The lowest BCUT2D eigenvalue weighted by molar-refractivity contribution is 0.192. The van der Waals surface area contributed by atoms with Crippen LogP contribution in [-0.4, -0.2) is 32.4 Å². The Balaban J connectivity index is 1.59. The lowest BCUT2D eigenvalue weighted by Crippen LogP contribution is -2.49. The Bertz CT molecular complexity index is 1120. The average molecular weight is 422 g/mol. The SMILES string of the molecule is O=C1N(Cc2ccccc2)CCCN1c1ccccc1NS(=O)(=O)c1ccccc1. The van der Waals surface area contributed by atoms with E-state index in [1.165, 1.54) is 0 Å². The fourth-order valence-electron chi connectivity index (χ4n) is 3.55. The van der Waals surface area contributed by atoms with Gasteiger partial charge >= 0.3 is 6.03 Å². The average Bonchev–Trinajstić information content (AvgIpc) is 2.77. The molecule has 1 fully saturated rings. The van der Waals surface area contributed by atoms with Crippen molar-refractivity contribution >= 4 is 27.4 Å². The number of amides is 2. The van der Waals surface area contributed by atoms with Gasteiger partial charge in [-0.15, -0.1) is 0 Å². The summed E-state index contributed by atoms with van der Waals surface area (Å²) in [6, 6.07) is 24.9. The minimum atomic E-state index is -3.76. The number of nitrogens with one attached hydrogen (secondary N) is 1. The van der Waals surface area contributed by atoms with Crippen molar-refractivity contribution in [2.75, 3.05) is 22.7 Å². The van der Waals surface area contributed by atoms with Crippen molar-refractivity contribution in [1.82, 2.24) is 4.90 Å². The van der Waals surface area contributed by atoms with Crippen molar-refractivity contribution in [3.63, 3.8) is 0 Å². The topological polar surface area (TPSA) is 69.7 Å². The maximum absolute atomic E-state index is 13.2. The normalized spacial score (nSPS) is 14.6. The van der Waals surface area contributed by atoms with Crippen LogP contribution in [0, 0.1) is 0 Å². The lowest BCUT2D eigenvalue weighted by atomic mass is 10.1. The number of benzene rings is 3. The summed E-state index contributed by atoms with van der Waals surface area (Å²) in [6.45, 7) is 1.73. The Labute approximate surface area is 176 Å². The molecule has 3 aromatic rings. The number of sulfonamides is 1. The lowest BCUT2D eigenvalue weighted by Gasteiger charge is -2.36. The molecule has 7 heteroatoms. The molecule has 0 bridgehead atoms. The van der Waals surface area contributed by atoms with Crippen LogP contribution in [0.1, 0.15) is 12.0 Å². The Morgan fingerprint density at radius 1 is 0.800 bits per heavy atom. The van der Waals surface area contributed by atoms with E-state index in [4.69, 9.17) is 0 Å². The smallest absolute Gasteiger partial charge is 0.320 e. The van der Waals surface area contributed by atoms with Crippen LogP contribution in [0.25, 0.3) is 0 Å². The van der Waals surface area contributed by atoms with Crippen LogP contribution in [-0.2, 0) is 16.6 Å². The van der Waals surface area contributed by atoms with Crippen LogP contribution in [0.15, 0.2) is 89.8 Å². The van der Waals surface area contributed by atoms with Crippen LogP contribution < -0.4 is 9.62 Å². The highest BCUT2D eigenvalue weighted by Gasteiger charge is 2.29. The first-order valence-electron chi connectivity index (χ1n) is 9.82. The summed E-state index contributed by atoms with van der Waals surface area (Å²) in [6.07, 6.45) is 0.804. The summed E-state index contributed by atoms with van der Waals surface area (Å²) < 4.78 is 28.2. The van der Waals surface area contributed by atoms with Gasteiger partial charge in [-0.3, -0.25) is 9.62 Å². The van der Waals surface area contributed by atoms with Crippen LogP contribution in [0.4, 0.5) is 16.2 Å². The predicted molar refractivity (Wildman–Crippen MR) is 118 cm³/mol. The second kappa shape index (κ2) is 8.59. The van der Waals surface area contributed by atoms with Crippen LogP contribution in [0.2, 0.25) is 0 Å². The predicted octanol–water partition coefficient (Wildman–Crippen LogP) is 4.32. The minimum Gasteiger partial charge on any atom is -0.320 e. The Morgan fingerprint density at radius 2 is 1.43 bits per heavy atom. The molecular weight excluding hydrogens is 398 g/mol. The quantitative estimate of drug-likeness (QED) is 0.644. The first kappa shape index (κ1) is 20.0. The van der Waals surface area contributed by atoms with Crippen molar-refractivity contribution in [1.29, 1.82) is 0 Å². The van der Waals surface area contributed by atoms with Crippen molar-refractivity contribution in [3.05, 3.63) is 90.5 Å². The van der Waals surface area contributed by atoms with E-state index < -0.39 is 10.0 Å². The van der Waals surface area contributed by atoms with Crippen LogP contribution >= 0.6 is 0 Å². The molecule has 1 N–H and O–H groups in total. The highest BCUT2D eigenvalue weighted by molar-refractivity contribution is 7.92. The van der Waals surface area contributed by atoms with E-state index in [0.717, 1.165) is 12.0 Å². The summed E-state index contributed by atoms with van der Waals surface area (Å²) in [4.78, 5) is 16.8. The zero-order chi connectivity index (χ0) is 21.0. The molecule has 1 saturated heterocycles. The van der Waals surface area contributed by atoms with Gasteiger partial charge in [0.05, 0.1) is 16.3 Å². The number of para-hydroxylation sites is 2. The number of urea groups is 1. The number of hydrogen-bond donors (Lipinski definition) is 1. The fraction of sp³-hybridized carbons (Fsp3) is 0.174. The van der Waals surface area contributed by atoms with Gasteiger partial charge in [0.25, 0.3) is 10.0 Å². The third-order valence-electron chi connectivity index (χ3n) is 5.02. The highest BCUT2D eigenvalue weighted by Crippen LogP contribution is 2.30. The van der Waals surface area contributed by atoms with Gasteiger partial charge in [-0.25, -0.2) is 13.2 Å². The van der Waals surface area contributed by atoms with Gasteiger partial charge in [-0.05, 0) is 36.2 Å². The maximum atomic E-state index is 13.2. The van der Waals surface area contributed by atoms with Crippen molar-refractivity contribution in [2.24, 2.45) is 0 Å². The molecule has 154 valence electrons. The molecule has 30 heavy (non-hydrogen) atoms. The molecule has 3 aromatic carbocycles. The zero-order valence-electron chi connectivity index (χ0n) is 16.4. The highest BCUT2D eigenvalue weighted by atomic mass is 32.2.